The summed E-state index contributed by atoms with van der Waals surface area (Å²) in [6, 6.07) is 4.75. The Hall–Kier alpha value is -1.26. The van der Waals surface area contributed by atoms with E-state index in [2.05, 4.69) is 0 Å². The Morgan fingerprint density at radius 2 is 1.83 bits per heavy atom. The highest BCUT2D eigenvalue weighted by atomic mass is 35.5. The number of carboxylic acid groups (broad SMARTS) is 1. The average Bonchev–Trinajstić information content (AvgIpc) is 3.09. The van der Waals surface area contributed by atoms with Crippen molar-refractivity contribution in [3.05, 3.63) is 33.8 Å². The lowest BCUT2D eigenvalue weighted by molar-refractivity contribution is -0.137. The normalized spacial score (nSPS) is 14.3. The summed E-state index contributed by atoms with van der Waals surface area (Å²) in [5.74, 6) is -1.46. The number of carboxylic acids is 1. The molecular weight excluding hydrogens is 277 g/mol. The number of hydrogen-bond acceptors (Lipinski definition) is 2. The Labute approximate surface area is 114 Å². The lowest BCUT2D eigenvalue weighted by Crippen LogP contribution is -2.37. The van der Waals surface area contributed by atoms with E-state index in [0.717, 1.165) is 12.8 Å². The summed E-state index contributed by atoms with van der Waals surface area (Å²) in [6.45, 7) is -0.328. The van der Waals surface area contributed by atoms with Gasteiger partial charge in [0.1, 0.15) is 6.54 Å². The van der Waals surface area contributed by atoms with Crippen LogP contribution in [0.4, 0.5) is 0 Å². The van der Waals surface area contributed by atoms with Gasteiger partial charge in [-0.2, -0.15) is 0 Å². The van der Waals surface area contributed by atoms with Gasteiger partial charge in [-0.15, -0.1) is 0 Å². The minimum Gasteiger partial charge on any atom is -0.480 e. The molecule has 2 rings (SSSR count). The Morgan fingerprint density at radius 3 is 2.28 bits per heavy atom. The Bertz CT molecular complexity index is 480. The maximum absolute atomic E-state index is 12.3. The predicted molar refractivity (Wildman–Crippen MR) is 68.2 cm³/mol. The van der Waals surface area contributed by atoms with E-state index in [0.29, 0.717) is 0 Å². The number of benzene rings is 1. The fourth-order valence-corrected chi connectivity index (χ4v) is 2.30. The Balaban J connectivity index is 2.30. The first-order valence-corrected chi connectivity index (χ1v) is 6.23. The number of halogens is 2. The zero-order valence-corrected chi connectivity index (χ0v) is 10.9. The van der Waals surface area contributed by atoms with Crippen molar-refractivity contribution >= 4 is 35.1 Å². The standard InChI is InChI=1S/C12H11Cl2NO3/c13-8-2-1-3-9(14)11(8)12(18)15(6-10(16)17)7-4-5-7/h1-3,7H,4-6H2,(H,16,17). The molecule has 1 aliphatic rings. The molecule has 0 bridgehead atoms. The van der Waals surface area contributed by atoms with Gasteiger partial charge in [0.05, 0.1) is 15.6 Å². The average molecular weight is 288 g/mol. The van der Waals surface area contributed by atoms with Crippen LogP contribution in [0.5, 0.6) is 0 Å². The van der Waals surface area contributed by atoms with Gasteiger partial charge in [-0.3, -0.25) is 9.59 Å². The molecule has 0 saturated heterocycles. The van der Waals surface area contributed by atoms with Gasteiger partial charge < -0.3 is 10.0 Å². The van der Waals surface area contributed by atoms with Crippen molar-refractivity contribution in [2.75, 3.05) is 6.54 Å². The van der Waals surface area contributed by atoms with Gasteiger partial charge in [-0.1, -0.05) is 29.3 Å². The molecule has 6 heteroatoms. The smallest absolute Gasteiger partial charge is 0.323 e. The number of carbonyl (C=O) groups excluding carboxylic acids is 1. The molecule has 0 aromatic heterocycles. The fourth-order valence-electron chi connectivity index (χ4n) is 1.74. The molecule has 18 heavy (non-hydrogen) atoms. The van der Waals surface area contributed by atoms with E-state index in [1.54, 1.807) is 18.2 Å². The summed E-state index contributed by atoms with van der Waals surface area (Å²) in [7, 11) is 0. The molecule has 1 aliphatic carbocycles. The minimum absolute atomic E-state index is 0.0130. The van der Waals surface area contributed by atoms with Crippen LogP contribution in [-0.4, -0.2) is 34.5 Å². The van der Waals surface area contributed by atoms with Crippen molar-refractivity contribution in [3.8, 4) is 0 Å². The minimum atomic E-state index is -1.04. The summed E-state index contributed by atoms with van der Waals surface area (Å²) in [6.07, 6.45) is 1.64. The van der Waals surface area contributed by atoms with Gasteiger partial charge in [0.25, 0.3) is 5.91 Å². The van der Waals surface area contributed by atoms with Crippen LogP contribution >= 0.6 is 23.2 Å². The highest BCUT2D eigenvalue weighted by Gasteiger charge is 2.35. The lowest BCUT2D eigenvalue weighted by atomic mass is 10.2. The first-order chi connectivity index (χ1) is 8.50. The molecule has 0 atom stereocenters. The molecule has 96 valence electrons. The van der Waals surface area contributed by atoms with E-state index in [-0.39, 0.29) is 28.2 Å². The van der Waals surface area contributed by atoms with Crippen LogP contribution in [-0.2, 0) is 4.79 Å². The zero-order chi connectivity index (χ0) is 13.3. The van der Waals surface area contributed by atoms with Gasteiger partial charge in [0, 0.05) is 6.04 Å². The monoisotopic (exact) mass is 287 g/mol. The van der Waals surface area contributed by atoms with Crippen LogP contribution in [0.3, 0.4) is 0 Å². The summed E-state index contributed by atoms with van der Waals surface area (Å²) >= 11 is 11.9. The number of carbonyl (C=O) groups is 2. The Kier molecular flexibility index (Phi) is 3.78. The molecule has 4 nitrogen and oxygen atoms in total. The van der Waals surface area contributed by atoms with Crippen LogP contribution in [0, 0.1) is 0 Å². The molecule has 0 heterocycles. The number of rotatable bonds is 4. The first-order valence-electron chi connectivity index (χ1n) is 5.47. The second-order valence-corrected chi connectivity index (χ2v) is 4.97. The van der Waals surface area contributed by atoms with Crippen molar-refractivity contribution in [3.63, 3.8) is 0 Å². The largest absolute Gasteiger partial charge is 0.480 e. The van der Waals surface area contributed by atoms with Crippen LogP contribution in [0.25, 0.3) is 0 Å². The van der Waals surface area contributed by atoms with E-state index in [1.807, 2.05) is 0 Å². The van der Waals surface area contributed by atoms with E-state index in [9.17, 15) is 9.59 Å². The number of nitrogens with zero attached hydrogens (tertiary/aromatic N) is 1. The second kappa shape index (κ2) is 5.16. The summed E-state index contributed by atoms with van der Waals surface area (Å²) in [4.78, 5) is 24.4. The molecule has 1 aromatic rings. The lowest BCUT2D eigenvalue weighted by Gasteiger charge is -2.21. The van der Waals surface area contributed by atoms with Gasteiger partial charge in [0.2, 0.25) is 0 Å². The van der Waals surface area contributed by atoms with E-state index in [4.69, 9.17) is 28.3 Å². The molecule has 0 spiro atoms. The van der Waals surface area contributed by atoms with Crippen molar-refractivity contribution in [1.29, 1.82) is 0 Å². The van der Waals surface area contributed by atoms with Crippen LogP contribution in [0.1, 0.15) is 23.2 Å². The zero-order valence-electron chi connectivity index (χ0n) is 9.40. The molecule has 1 N–H and O–H groups in total. The molecule has 1 aromatic carbocycles. The summed E-state index contributed by atoms with van der Waals surface area (Å²) in [5.41, 5.74) is 0.175. The van der Waals surface area contributed by atoms with Crippen LogP contribution in [0.2, 0.25) is 10.0 Å². The molecule has 0 aliphatic heterocycles. The maximum Gasteiger partial charge on any atom is 0.323 e. The van der Waals surface area contributed by atoms with Crippen LogP contribution in [0.15, 0.2) is 18.2 Å². The molecule has 1 amide bonds. The van der Waals surface area contributed by atoms with Crippen molar-refractivity contribution in [1.82, 2.24) is 4.90 Å². The van der Waals surface area contributed by atoms with Crippen molar-refractivity contribution < 1.29 is 14.7 Å². The summed E-state index contributed by atoms with van der Waals surface area (Å²) < 4.78 is 0. The highest BCUT2D eigenvalue weighted by molar-refractivity contribution is 6.39. The third-order valence-electron chi connectivity index (χ3n) is 2.73. The van der Waals surface area contributed by atoms with Crippen molar-refractivity contribution in [2.45, 2.75) is 18.9 Å². The SMILES string of the molecule is O=C(O)CN(C(=O)c1c(Cl)cccc1Cl)C1CC1. The number of amides is 1. The summed E-state index contributed by atoms with van der Waals surface area (Å²) in [5, 5.41) is 9.31. The van der Waals surface area contributed by atoms with Crippen LogP contribution < -0.4 is 0 Å². The van der Waals surface area contributed by atoms with Crippen molar-refractivity contribution in [2.24, 2.45) is 0 Å². The fraction of sp³-hybridized carbons (Fsp3) is 0.333. The van der Waals surface area contributed by atoms with Gasteiger partial charge in [-0.05, 0) is 25.0 Å². The van der Waals surface area contributed by atoms with E-state index in [1.165, 1.54) is 4.90 Å². The molecule has 1 fully saturated rings. The van der Waals surface area contributed by atoms with Gasteiger partial charge in [0.15, 0.2) is 0 Å². The Morgan fingerprint density at radius 1 is 1.28 bits per heavy atom. The number of hydrogen-bond donors (Lipinski definition) is 1. The van der Waals surface area contributed by atoms with Gasteiger partial charge >= 0.3 is 5.97 Å². The third-order valence-corrected chi connectivity index (χ3v) is 3.36. The molecule has 0 radical (unpaired) electrons. The third kappa shape index (κ3) is 2.76. The highest BCUT2D eigenvalue weighted by Crippen LogP contribution is 2.32. The first kappa shape index (κ1) is 13.2. The molecular formula is C12H11Cl2NO3. The van der Waals surface area contributed by atoms with E-state index >= 15 is 0 Å². The molecule has 1 saturated carbocycles. The second-order valence-electron chi connectivity index (χ2n) is 4.15. The maximum atomic E-state index is 12.3. The number of aliphatic carboxylic acids is 1. The topological polar surface area (TPSA) is 57.6 Å². The van der Waals surface area contributed by atoms with E-state index < -0.39 is 11.9 Å². The molecule has 0 unspecified atom stereocenters. The predicted octanol–water partition coefficient (Wildman–Crippen LogP) is 2.68. The quantitative estimate of drug-likeness (QED) is 0.926. The van der Waals surface area contributed by atoms with Gasteiger partial charge in [-0.25, -0.2) is 0 Å².